The lowest BCUT2D eigenvalue weighted by Crippen LogP contribution is -2.29. The predicted octanol–water partition coefficient (Wildman–Crippen LogP) is 3.48. The molecule has 0 fully saturated rings. The summed E-state index contributed by atoms with van der Waals surface area (Å²) in [5.41, 5.74) is 1.11. The summed E-state index contributed by atoms with van der Waals surface area (Å²) >= 11 is 17.2. The van der Waals surface area contributed by atoms with Crippen LogP contribution in [0.1, 0.15) is 19.3 Å². The van der Waals surface area contributed by atoms with E-state index in [0.29, 0.717) is 0 Å². The van der Waals surface area contributed by atoms with Gasteiger partial charge in [0.15, 0.2) is 0 Å². The first-order valence-electron chi connectivity index (χ1n) is 3.84. The highest BCUT2D eigenvalue weighted by Crippen LogP contribution is 2.38. The maximum absolute atomic E-state index is 5.74. The molecule has 0 aromatic carbocycles. The van der Waals surface area contributed by atoms with Crippen LogP contribution in [0.2, 0.25) is 0 Å². The Morgan fingerprint density at radius 2 is 2.17 bits per heavy atom. The van der Waals surface area contributed by atoms with Gasteiger partial charge in [-0.25, -0.2) is 0 Å². The number of hydrogen-bond acceptors (Lipinski definition) is 1. The van der Waals surface area contributed by atoms with Crippen molar-refractivity contribution in [3.05, 3.63) is 11.6 Å². The van der Waals surface area contributed by atoms with E-state index in [2.05, 4.69) is 6.08 Å². The van der Waals surface area contributed by atoms with Gasteiger partial charge in [0.05, 0.1) is 0 Å². The smallest absolute Gasteiger partial charge is 0.220 e. The number of allylic oxidation sites excluding steroid dienone is 1. The fourth-order valence-corrected chi connectivity index (χ4v) is 2.12. The third-order valence-electron chi connectivity index (χ3n) is 1.95. The van der Waals surface area contributed by atoms with Crippen LogP contribution in [0.4, 0.5) is 0 Å². The second kappa shape index (κ2) is 4.19. The highest BCUT2D eigenvalue weighted by Gasteiger charge is 2.35. The largest absolute Gasteiger partial charge is 0.373 e. The van der Waals surface area contributed by atoms with Crippen molar-refractivity contribution in [3.8, 4) is 0 Å². The summed E-state index contributed by atoms with van der Waals surface area (Å²) in [5, 5.41) is 0. The Morgan fingerprint density at radius 1 is 1.50 bits per heavy atom. The molecular formula is C8H11Cl3O. The standard InChI is InChI=1S/C8H11Cl3O/c1-12-7(8(9,10)11)6-4-2-3-5-6/h4,7H,2-3,5H2,1H3/t7-/m1/s1. The Hall–Kier alpha value is 0.570. The maximum Gasteiger partial charge on any atom is 0.220 e. The molecule has 1 aliphatic carbocycles. The molecule has 0 amide bonds. The fourth-order valence-electron chi connectivity index (χ4n) is 1.43. The average molecular weight is 230 g/mol. The van der Waals surface area contributed by atoms with Crippen LogP contribution in [0.5, 0.6) is 0 Å². The van der Waals surface area contributed by atoms with Crippen LogP contribution in [-0.4, -0.2) is 17.0 Å². The summed E-state index contributed by atoms with van der Waals surface area (Å²) < 4.78 is 3.79. The second-order valence-corrected chi connectivity index (χ2v) is 5.20. The molecule has 1 rings (SSSR count). The Kier molecular flexibility index (Phi) is 3.72. The molecule has 12 heavy (non-hydrogen) atoms. The van der Waals surface area contributed by atoms with Gasteiger partial charge in [0.25, 0.3) is 0 Å². The van der Waals surface area contributed by atoms with Crippen LogP contribution in [0.3, 0.4) is 0 Å². The third-order valence-corrected chi connectivity index (χ3v) is 2.54. The molecule has 0 bridgehead atoms. The number of ether oxygens (including phenoxy) is 1. The number of rotatable bonds is 2. The minimum Gasteiger partial charge on any atom is -0.373 e. The Labute approximate surface area is 87.6 Å². The highest BCUT2D eigenvalue weighted by molar-refractivity contribution is 6.68. The first-order valence-corrected chi connectivity index (χ1v) is 4.97. The lowest BCUT2D eigenvalue weighted by atomic mass is 10.1. The van der Waals surface area contributed by atoms with Crippen molar-refractivity contribution >= 4 is 34.8 Å². The molecule has 4 heteroatoms. The van der Waals surface area contributed by atoms with E-state index < -0.39 is 3.79 Å². The van der Waals surface area contributed by atoms with Gasteiger partial charge in [0, 0.05) is 7.11 Å². The number of alkyl halides is 3. The molecule has 0 saturated heterocycles. The summed E-state index contributed by atoms with van der Waals surface area (Å²) in [6, 6.07) is 0. The van der Waals surface area contributed by atoms with Crippen LogP contribution in [-0.2, 0) is 4.74 Å². The molecule has 1 atom stereocenters. The van der Waals surface area contributed by atoms with Crippen LogP contribution in [0, 0.1) is 0 Å². The van der Waals surface area contributed by atoms with E-state index in [4.69, 9.17) is 39.5 Å². The van der Waals surface area contributed by atoms with E-state index in [1.165, 1.54) is 0 Å². The molecule has 0 aromatic heterocycles. The van der Waals surface area contributed by atoms with E-state index in [0.717, 1.165) is 24.8 Å². The first kappa shape index (κ1) is 10.6. The minimum atomic E-state index is -1.34. The Balaban J connectivity index is 2.68. The third kappa shape index (κ3) is 2.53. The molecule has 0 heterocycles. The monoisotopic (exact) mass is 228 g/mol. The van der Waals surface area contributed by atoms with E-state index >= 15 is 0 Å². The van der Waals surface area contributed by atoms with Crippen LogP contribution < -0.4 is 0 Å². The normalized spacial score (nSPS) is 20.8. The zero-order valence-electron chi connectivity index (χ0n) is 6.82. The van der Waals surface area contributed by atoms with Crippen molar-refractivity contribution in [1.29, 1.82) is 0 Å². The number of hydrogen-bond donors (Lipinski definition) is 0. The first-order chi connectivity index (χ1) is 5.55. The molecule has 1 aliphatic rings. The van der Waals surface area contributed by atoms with Crippen LogP contribution >= 0.6 is 34.8 Å². The van der Waals surface area contributed by atoms with Crippen LogP contribution in [0.25, 0.3) is 0 Å². The lowest BCUT2D eigenvalue weighted by Gasteiger charge is -2.24. The number of methoxy groups -OCH3 is 1. The zero-order valence-corrected chi connectivity index (χ0v) is 9.09. The van der Waals surface area contributed by atoms with E-state index in [1.807, 2.05) is 0 Å². The van der Waals surface area contributed by atoms with Crippen LogP contribution in [0.15, 0.2) is 11.6 Å². The maximum atomic E-state index is 5.74. The van der Waals surface area contributed by atoms with Crippen molar-refractivity contribution in [2.24, 2.45) is 0 Å². The van der Waals surface area contributed by atoms with E-state index in [9.17, 15) is 0 Å². The van der Waals surface area contributed by atoms with Gasteiger partial charge in [0.2, 0.25) is 3.79 Å². The van der Waals surface area contributed by atoms with Gasteiger partial charge >= 0.3 is 0 Å². The molecule has 1 nitrogen and oxygen atoms in total. The quantitative estimate of drug-likeness (QED) is 0.520. The van der Waals surface area contributed by atoms with Gasteiger partial charge in [-0.05, 0) is 24.8 Å². The van der Waals surface area contributed by atoms with E-state index in [-0.39, 0.29) is 6.10 Å². The summed E-state index contributed by atoms with van der Waals surface area (Å²) in [6.45, 7) is 0. The molecule has 0 unspecified atom stereocenters. The van der Waals surface area contributed by atoms with Crippen molar-refractivity contribution in [3.63, 3.8) is 0 Å². The zero-order chi connectivity index (χ0) is 9.19. The Morgan fingerprint density at radius 3 is 2.50 bits per heavy atom. The molecule has 0 aliphatic heterocycles. The van der Waals surface area contributed by atoms with E-state index in [1.54, 1.807) is 7.11 Å². The van der Waals surface area contributed by atoms with Gasteiger partial charge < -0.3 is 4.74 Å². The van der Waals surface area contributed by atoms with Crippen molar-refractivity contribution in [1.82, 2.24) is 0 Å². The van der Waals surface area contributed by atoms with Crippen molar-refractivity contribution in [2.75, 3.05) is 7.11 Å². The summed E-state index contributed by atoms with van der Waals surface area (Å²) in [4.78, 5) is 0. The SMILES string of the molecule is CO[C@H](C1=CCCC1)C(Cl)(Cl)Cl. The van der Waals surface area contributed by atoms with Gasteiger partial charge in [-0.2, -0.15) is 0 Å². The van der Waals surface area contributed by atoms with Crippen molar-refractivity contribution in [2.45, 2.75) is 29.2 Å². The van der Waals surface area contributed by atoms with Crippen molar-refractivity contribution < 1.29 is 4.74 Å². The fraction of sp³-hybridized carbons (Fsp3) is 0.750. The molecule has 0 radical (unpaired) electrons. The molecule has 0 aromatic rings. The number of halogens is 3. The summed E-state index contributed by atoms with van der Waals surface area (Å²) in [5.74, 6) is 0. The predicted molar refractivity (Wildman–Crippen MR) is 53.0 cm³/mol. The highest BCUT2D eigenvalue weighted by atomic mass is 35.6. The summed E-state index contributed by atoms with van der Waals surface area (Å²) in [6.07, 6.45) is 4.89. The minimum absolute atomic E-state index is 0.384. The molecule has 0 saturated carbocycles. The topological polar surface area (TPSA) is 9.23 Å². The molecule has 70 valence electrons. The molecule has 0 N–H and O–H groups in total. The van der Waals surface area contributed by atoms with Gasteiger partial charge in [-0.15, -0.1) is 0 Å². The van der Waals surface area contributed by atoms with Gasteiger partial charge in [-0.1, -0.05) is 40.9 Å². The summed E-state index contributed by atoms with van der Waals surface area (Å²) in [7, 11) is 1.56. The van der Waals surface area contributed by atoms with Gasteiger partial charge in [-0.3, -0.25) is 0 Å². The average Bonchev–Trinajstić information content (AvgIpc) is 2.38. The Bertz CT molecular complexity index is 183. The lowest BCUT2D eigenvalue weighted by molar-refractivity contribution is 0.133. The molecular weight excluding hydrogens is 218 g/mol. The molecule has 0 spiro atoms. The second-order valence-electron chi connectivity index (χ2n) is 2.83. The van der Waals surface area contributed by atoms with Gasteiger partial charge in [0.1, 0.15) is 6.10 Å².